The number of aromatic nitrogens is 2. The predicted octanol–water partition coefficient (Wildman–Crippen LogP) is 1.24. The summed E-state index contributed by atoms with van der Waals surface area (Å²) < 4.78 is 5.98. The highest BCUT2D eigenvalue weighted by atomic mass is 16.5. The van der Waals surface area contributed by atoms with Gasteiger partial charge in [-0.05, 0) is 50.8 Å². The zero-order valence-electron chi connectivity index (χ0n) is 13.1. The lowest BCUT2D eigenvalue weighted by Crippen LogP contribution is -2.19. The molecule has 3 atom stereocenters. The van der Waals surface area contributed by atoms with E-state index in [9.17, 15) is 0 Å². The first-order chi connectivity index (χ1) is 10.7. The summed E-state index contributed by atoms with van der Waals surface area (Å²) in [7, 11) is 1.71. The van der Waals surface area contributed by atoms with Gasteiger partial charge in [0.2, 0.25) is 5.88 Å². The first kappa shape index (κ1) is 15.0. The third-order valence-corrected chi connectivity index (χ3v) is 4.50. The first-order valence-corrected chi connectivity index (χ1v) is 7.77. The summed E-state index contributed by atoms with van der Waals surface area (Å²) in [6.07, 6.45) is 4.18. The van der Waals surface area contributed by atoms with E-state index in [-0.39, 0.29) is 6.10 Å². The van der Waals surface area contributed by atoms with Crippen molar-refractivity contribution in [3.05, 3.63) is 23.5 Å². The molecule has 2 fully saturated rings. The van der Waals surface area contributed by atoms with Crippen molar-refractivity contribution < 1.29 is 4.74 Å². The lowest BCUT2D eigenvalue weighted by Gasteiger charge is -2.13. The summed E-state index contributed by atoms with van der Waals surface area (Å²) in [5.41, 5.74) is 8.04. The SMILES string of the molecule is CN=C/C(=C(/C)N)c1ccc(OC2C[C@H]3CNC[C@H]3C2)nn1. The summed E-state index contributed by atoms with van der Waals surface area (Å²) in [5, 5.41) is 11.8. The van der Waals surface area contributed by atoms with Crippen molar-refractivity contribution in [1.82, 2.24) is 15.5 Å². The molecule has 0 aromatic carbocycles. The van der Waals surface area contributed by atoms with Crippen molar-refractivity contribution in [3.8, 4) is 5.88 Å². The Bertz CT molecular complexity index is 565. The molecular weight excluding hydrogens is 278 g/mol. The maximum atomic E-state index is 5.98. The number of nitrogens with two attached hydrogens (primary N) is 1. The minimum atomic E-state index is 0.265. The molecule has 1 aromatic heterocycles. The number of hydrogen-bond donors (Lipinski definition) is 2. The molecule has 0 amide bonds. The molecule has 3 N–H and O–H groups in total. The van der Waals surface area contributed by atoms with Gasteiger partial charge in [-0.2, -0.15) is 0 Å². The van der Waals surface area contributed by atoms with Crippen LogP contribution in [0.25, 0.3) is 5.57 Å². The van der Waals surface area contributed by atoms with Gasteiger partial charge in [0, 0.05) is 30.6 Å². The van der Waals surface area contributed by atoms with Gasteiger partial charge in [-0.15, -0.1) is 10.2 Å². The van der Waals surface area contributed by atoms with Crippen LogP contribution in [0.15, 0.2) is 22.8 Å². The van der Waals surface area contributed by atoms with E-state index < -0.39 is 0 Å². The number of aliphatic imine (C=N–C) groups is 1. The Morgan fingerprint density at radius 2 is 2.05 bits per heavy atom. The second-order valence-corrected chi connectivity index (χ2v) is 6.13. The fourth-order valence-electron chi connectivity index (χ4n) is 3.40. The van der Waals surface area contributed by atoms with Gasteiger partial charge < -0.3 is 15.8 Å². The predicted molar refractivity (Wildman–Crippen MR) is 86.7 cm³/mol. The fraction of sp³-hybridized carbons (Fsp3) is 0.562. The molecule has 1 aliphatic heterocycles. The van der Waals surface area contributed by atoms with E-state index >= 15 is 0 Å². The van der Waals surface area contributed by atoms with E-state index in [1.165, 1.54) is 0 Å². The summed E-state index contributed by atoms with van der Waals surface area (Å²) in [5.74, 6) is 2.10. The van der Waals surface area contributed by atoms with E-state index in [0.717, 1.165) is 43.3 Å². The summed E-state index contributed by atoms with van der Waals surface area (Å²) in [6, 6.07) is 3.74. The van der Waals surface area contributed by atoms with Gasteiger partial charge in [-0.3, -0.25) is 4.99 Å². The number of rotatable bonds is 4. The van der Waals surface area contributed by atoms with Gasteiger partial charge in [0.25, 0.3) is 0 Å². The molecule has 1 aromatic rings. The molecule has 6 heteroatoms. The minimum Gasteiger partial charge on any atom is -0.473 e. The molecule has 2 aliphatic rings. The molecule has 1 saturated carbocycles. The van der Waals surface area contributed by atoms with Crippen LogP contribution < -0.4 is 15.8 Å². The summed E-state index contributed by atoms with van der Waals surface area (Å²) in [6.45, 7) is 4.07. The standard InChI is InChI=1S/C16H23N5O/c1-10(17)14(9-18-2)15-3-4-16(21-20-15)22-13-5-11-7-19-8-12(11)6-13/h3-4,9,11-13,19H,5-8,17H2,1-2H3/b14-10+,18-9?/t11-,12+,13?. The van der Waals surface area contributed by atoms with Crippen molar-refractivity contribution in [2.24, 2.45) is 22.6 Å². The normalized spacial score (nSPS) is 28.7. The van der Waals surface area contributed by atoms with Crippen LogP contribution in [-0.2, 0) is 0 Å². The third kappa shape index (κ3) is 3.11. The highest BCUT2D eigenvalue weighted by Gasteiger charge is 2.38. The largest absolute Gasteiger partial charge is 0.473 e. The van der Waals surface area contributed by atoms with Gasteiger partial charge in [0.05, 0.1) is 5.69 Å². The van der Waals surface area contributed by atoms with Crippen molar-refractivity contribution >= 4 is 11.8 Å². The maximum absolute atomic E-state index is 5.98. The number of hydrogen-bond acceptors (Lipinski definition) is 6. The third-order valence-electron chi connectivity index (χ3n) is 4.50. The zero-order valence-corrected chi connectivity index (χ0v) is 13.1. The van der Waals surface area contributed by atoms with E-state index in [2.05, 4.69) is 20.5 Å². The Kier molecular flexibility index (Phi) is 4.38. The Morgan fingerprint density at radius 1 is 1.32 bits per heavy atom. The van der Waals surface area contributed by atoms with Crippen LogP contribution in [0.5, 0.6) is 5.88 Å². The Hall–Kier alpha value is -1.95. The highest BCUT2D eigenvalue weighted by Crippen LogP contribution is 2.36. The van der Waals surface area contributed by atoms with Gasteiger partial charge in [0.15, 0.2) is 0 Å². The van der Waals surface area contributed by atoms with Gasteiger partial charge in [0.1, 0.15) is 6.10 Å². The molecule has 3 rings (SSSR count). The van der Waals surface area contributed by atoms with Crippen molar-refractivity contribution in [2.75, 3.05) is 20.1 Å². The average Bonchev–Trinajstić information content (AvgIpc) is 3.06. The van der Waals surface area contributed by atoms with Gasteiger partial charge in [-0.25, -0.2) is 0 Å². The van der Waals surface area contributed by atoms with Crippen LogP contribution in [0.4, 0.5) is 0 Å². The topological polar surface area (TPSA) is 85.4 Å². The van der Waals surface area contributed by atoms with Crippen molar-refractivity contribution in [2.45, 2.75) is 25.9 Å². The second-order valence-electron chi connectivity index (χ2n) is 6.13. The molecule has 0 radical (unpaired) electrons. The van der Waals surface area contributed by atoms with Gasteiger partial charge in [-0.1, -0.05) is 0 Å². The lowest BCUT2D eigenvalue weighted by molar-refractivity contribution is 0.189. The molecule has 1 unspecified atom stereocenters. The molecule has 6 nitrogen and oxygen atoms in total. The first-order valence-electron chi connectivity index (χ1n) is 7.77. The number of allylic oxidation sites excluding steroid dienone is 2. The zero-order chi connectivity index (χ0) is 15.5. The smallest absolute Gasteiger partial charge is 0.233 e. The quantitative estimate of drug-likeness (QED) is 0.817. The second kappa shape index (κ2) is 6.44. The van der Waals surface area contributed by atoms with Gasteiger partial charge >= 0.3 is 0 Å². The molecule has 1 aliphatic carbocycles. The molecule has 0 spiro atoms. The van der Waals surface area contributed by atoms with E-state index in [1.807, 2.05) is 19.1 Å². The Balaban J connectivity index is 1.66. The molecule has 0 bridgehead atoms. The number of nitrogens with zero attached hydrogens (tertiary/aromatic N) is 3. The monoisotopic (exact) mass is 301 g/mol. The van der Waals surface area contributed by atoms with Crippen LogP contribution in [-0.4, -0.2) is 42.7 Å². The van der Waals surface area contributed by atoms with Crippen LogP contribution >= 0.6 is 0 Å². The van der Waals surface area contributed by atoms with Crippen molar-refractivity contribution in [1.29, 1.82) is 0 Å². The molecule has 1 saturated heterocycles. The molecular formula is C16H23N5O. The number of ether oxygens (including phenoxy) is 1. The maximum Gasteiger partial charge on any atom is 0.233 e. The lowest BCUT2D eigenvalue weighted by atomic mass is 10.0. The van der Waals surface area contributed by atoms with Crippen LogP contribution in [0, 0.1) is 11.8 Å². The van der Waals surface area contributed by atoms with Crippen molar-refractivity contribution in [3.63, 3.8) is 0 Å². The molecule has 22 heavy (non-hydrogen) atoms. The molecule has 118 valence electrons. The van der Waals surface area contributed by atoms with Crippen LogP contribution in [0.2, 0.25) is 0 Å². The minimum absolute atomic E-state index is 0.265. The highest BCUT2D eigenvalue weighted by molar-refractivity contribution is 6.09. The van der Waals surface area contributed by atoms with E-state index in [1.54, 1.807) is 13.3 Å². The van der Waals surface area contributed by atoms with E-state index in [4.69, 9.17) is 10.5 Å². The number of nitrogens with one attached hydrogen (secondary N) is 1. The fourth-order valence-corrected chi connectivity index (χ4v) is 3.40. The Labute approximate surface area is 130 Å². The summed E-state index contributed by atoms with van der Waals surface area (Å²) >= 11 is 0. The Morgan fingerprint density at radius 3 is 2.59 bits per heavy atom. The van der Waals surface area contributed by atoms with E-state index in [0.29, 0.717) is 17.3 Å². The average molecular weight is 301 g/mol. The van der Waals surface area contributed by atoms with Crippen LogP contribution in [0.1, 0.15) is 25.5 Å². The summed E-state index contributed by atoms with van der Waals surface area (Å²) in [4.78, 5) is 4.00. The van der Waals surface area contributed by atoms with Crippen LogP contribution in [0.3, 0.4) is 0 Å². The molecule has 2 heterocycles. The number of fused-ring (bicyclic) bond motifs is 1.